The monoisotopic (exact) mass is 389 g/mol. The predicted molar refractivity (Wildman–Crippen MR) is 96.8 cm³/mol. The standard InChI is InChI=1S/C18H17BrFN3O/c1-18(2,3)17-22-14-7-5-11(9-15(14)23-17)21-16(24)12-6-4-10(20)8-13(12)19/h4-9H,1-3H3,(H,21,24)(H,22,23). The second-order valence-electron chi connectivity index (χ2n) is 6.65. The molecule has 0 fully saturated rings. The fraction of sp³-hybridized carbons (Fsp3) is 0.222. The van der Waals surface area contributed by atoms with Gasteiger partial charge in [-0.1, -0.05) is 20.8 Å². The Balaban J connectivity index is 1.88. The molecule has 6 heteroatoms. The number of benzene rings is 2. The number of imidazole rings is 1. The van der Waals surface area contributed by atoms with Crippen LogP contribution in [-0.4, -0.2) is 15.9 Å². The fourth-order valence-corrected chi connectivity index (χ4v) is 2.85. The summed E-state index contributed by atoms with van der Waals surface area (Å²) in [6.07, 6.45) is 0. The van der Waals surface area contributed by atoms with Crippen LogP contribution in [-0.2, 0) is 5.41 Å². The summed E-state index contributed by atoms with van der Waals surface area (Å²) < 4.78 is 13.6. The molecule has 124 valence electrons. The molecule has 0 aliphatic rings. The average molecular weight is 390 g/mol. The number of hydrogen-bond acceptors (Lipinski definition) is 2. The van der Waals surface area contributed by atoms with Gasteiger partial charge in [0.05, 0.1) is 16.6 Å². The predicted octanol–water partition coefficient (Wildman–Crippen LogP) is 5.01. The lowest BCUT2D eigenvalue weighted by Gasteiger charge is -2.13. The topological polar surface area (TPSA) is 57.8 Å². The van der Waals surface area contributed by atoms with Crippen molar-refractivity contribution in [3.8, 4) is 0 Å². The van der Waals surface area contributed by atoms with Gasteiger partial charge in [0.15, 0.2) is 0 Å². The molecule has 0 radical (unpaired) electrons. The van der Waals surface area contributed by atoms with Gasteiger partial charge in [0.1, 0.15) is 11.6 Å². The van der Waals surface area contributed by atoms with Gasteiger partial charge in [-0.25, -0.2) is 9.37 Å². The zero-order valence-electron chi connectivity index (χ0n) is 13.6. The van der Waals surface area contributed by atoms with Crippen molar-refractivity contribution in [2.45, 2.75) is 26.2 Å². The number of aromatic nitrogens is 2. The number of hydrogen-bond donors (Lipinski definition) is 2. The first-order valence-corrected chi connectivity index (χ1v) is 8.30. The van der Waals surface area contributed by atoms with Crippen molar-refractivity contribution in [2.75, 3.05) is 5.32 Å². The third-order valence-corrected chi connectivity index (χ3v) is 4.28. The fourth-order valence-electron chi connectivity index (χ4n) is 2.31. The van der Waals surface area contributed by atoms with Crippen molar-refractivity contribution in [3.05, 3.63) is 58.1 Å². The average Bonchev–Trinajstić information content (AvgIpc) is 2.90. The van der Waals surface area contributed by atoms with Crippen LogP contribution in [0, 0.1) is 5.82 Å². The number of nitrogens with zero attached hydrogens (tertiary/aromatic N) is 1. The molecule has 1 amide bonds. The number of fused-ring (bicyclic) bond motifs is 1. The molecule has 2 aromatic carbocycles. The van der Waals surface area contributed by atoms with Gasteiger partial charge >= 0.3 is 0 Å². The maximum absolute atomic E-state index is 13.1. The molecule has 0 saturated carbocycles. The molecular weight excluding hydrogens is 373 g/mol. The molecule has 0 aliphatic heterocycles. The summed E-state index contributed by atoms with van der Waals surface area (Å²) in [6, 6.07) is 9.46. The minimum absolute atomic E-state index is 0.0819. The molecule has 24 heavy (non-hydrogen) atoms. The first-order chi connectivity index (χ1) is 11.2. The molecule has 1 heterocycles. The van der Waals surface area contributed by atoms with Crippen molar-refractivity contribution in [2.24, 2.45) is 0 Å². The number of carbonyl (C=O) groups is 1. The Hall–Kier alpha value is -2.21. The van der Waals surface area contributed by atoms with Gasteiger partial charge in [0.25, 0.3) is 5.91 Å². The summed E-state index contributed by atoms with van der Waals surface area (Å²) in [5.41, 5.74) is 2.64. The van der Waals surface area contributed by atoms with Crippen molar-refractivity contribution in [1.29, 1.82) is 0 Å². The summed E-state index contributed by atoms with van der Waals surface area (Å²) in [5, 5.41) is 2.82. The molecule has 3 aromatic rings. The van der Waals surface area contributed by atoms with Gasteiger partial charge in [0, 0.05) is 15.6 Å². The summed E-state index contributed by atoms with van der Waals surface area (Å²) in [5.74, 6) is 0.186. The highest BCUT2D eigenvalue weighted by Gasteiger charge is 2.18. The first-order valence-electron chi connectivity index (χ1n) is 7.51. The number of amides is 1. The quantitative estimate of drug-likeness (QED) is 0.646. The second-order valence-corrected chi connectivity index (χ2v) is 7.50. The van der Waals surface area contributed by atoms with E-state index in [0.717, 1.165) is 16.9 Å². The lowest BCUT2D eigenvalue weighted by Crippen LogP contribution is -2.13. The van der Waals surface area contributed by atoms with Gasteiger partial charge in [-0.3, -0.25) is 4.79 Å². The van der Waals surface area contributed by atoms with E-state index in [1.807, 2.05) is 12.1 Å². The van der Waals surface area contributed by atoms with E-state index in [0.29, 0.717) is 15.7 Å². The van der Waals surface area contributed by atoms with Crippen LogP contribution < -0.4 is 5.32 Å². The van der Waals surface area contributed by atoms with Gasteiger partial charge in [0.2, 0.25) is 0 Å². The van der Waals surface area contributed by atoms with E-state index >= 15 is 0 Å². The zero-order valence-corrected chi connectivity index (χ0v) is 15.2. The molecule has 1 aromatic heterocycles. The van der Waals surface area contributed by atoms with Crippen LogP contribution in [0.3, 0.4) is 0 Å². The molecule has 4 nitrogen and oxygen atoms in total. The van der Waals surface area contributed by atoms with Crippen LogP contribution in [0.5, 0.6) is 0 Å². The van der Waals surface area contributed by atoms with Gasteiger partial charge in [-0.2, -0.15) is 0 Å². The number of anilines is 1. The minimum Gasteiger partial charge on any atom is -0.341 e. The number of rotatable bonds is 2. The molecular formula is C18H17BrFN3O. The minimum atomic E-state index is -0.396. The third kappa shape index (κ3) is 3.33. The Bertz CT molecular complexity index is 928. The number of H-pyrrole nitrogens is 1. The number of halogens is 2. The van der Waals surface area contributed by atoms with Crippen molar-refractivity contribution in [3.63, 3.8) is 0 Å². The summed E-state index contributed by atoms with van der Waals surface area (Å²) in [4.78, 5) is 20.2. The van der Waals surface area contributed by atoms with Crippen molar-refractivity contribution >= 4 is 38.6 Å². The summed E-state index contributed by atoms with van der Waals surface area (Å²) >= 11 is 3.21. The summed E-state index contributed by atoms with van der Waals surface area (Å²) in [6.45, 7) is 6.25. The highest BCUT2D eigenvalue weighted by atomic mass is 79.9. The van der Waals surface area contributed by atoms with Crippen LogP contribution in [0.25, 0.3) is 11.0 Å². The molecule has 0 bridgehead atoms. The van der Waals surface area contributed by atoms with E-state index in [1.165, 1.54) is 18.2 Å². The molecule has 0 saturated heterocycles. The van der Waals surface area contributed by atoms with Crippen LogP contribution >= 0.6 is 15.9 Å². The Morgan fingerprint density at radius 3 is 2.62 bits per heavy atom. The highest BCUT2D eigenvalue weighted by molar-refractivity contribution is 9.10. The maximum atomic E-state index is 13.1. The SMILES string of the molecule is CC(C)(C)c1nc2ccc(NC(=O)c3ccc(F)cc3Br)cc2[nH]1. The smallest absolute Gasteiger partial charge is 0.256 e. The number of aromatic amines is 1. The normalized spacial score (nSPS) is 11.7. The lowest BCUT2D eigenvalue weighted by atomic mass is 9.96. The van der Waals surface area contributed by atoms with E-state index in [-0.39, 0.29) is 11.3 Å². The van der Waals surface area contributed by atoms with Crippen LogP contribution in [0.2, 0.25) is 0 Å². The van der Waals surface area contributed by atoms with Crippen molar-refractivity contribution in [1.82, 2.24) is 9.97 Å². The number of carbonyl (C=O) groups excluding carboxylic acids is 1. The first kappa shape index (κ1) is 16.6. The van der Waals surface area contributed by atoms with Crippen LogP contribution in [0.1, 0.15) is 37.0 Å². The van der Waals surface area contributed by atoms with Gasteiger partial charge < -0.3 is 10.3 Å². The van der Waals surface area contributed by atoms with Gasteiger partial charge in [-0.05, 0) is 52.3 Å². The Labute approximate surface area is 147 Å². The van der Waals surface area contributed by atoms with Crippen molar-refractivity contribution < 1.29 is 9.18 Å². The second kappa shape index (κ2) is 6.02. The molecule has 3 rings (SSSR count). The Morgan fingerprint density at radius 1 is 1.21 bits per heavy atom. The van der Waals surface area contributed by atoms with E-state index in [1.54, 1.807) is 6.07 Å². The summed E-state index contributed by atoms with van der Waals surface area (Å²) in [7, 11) is 0. The van der Waals surface area contributed by atoms with E-state index in [4.69, 9.17) is 0 Å². The number of nitrogens with one attached hydrogen (secondary N) is 2. The Kier molecular flexibility index (Phi) is 4.17. The van der Waals surface area contributed by atoms with Crippen LogP contribution in [0.15, 0.2) is 40.9 Å². The van der Waals surface area contributed by atoms with E-state index in [2.05, 4.69) is 52.0 Å². The largest absolute Gasteiger partial charge is 0.341 e. The maximum Gasteiger partial charge on any atom is 0.256 e. The molecule has 0 unspecified atom stereocenters. The van der Waals surface area contributed by atoms with Crippen LogP contribution in [0.4, 0.5) is 10.1 Å². The van der Waals surface area contributed by atoms with E-state index < -0.39 is 5.82 Å². The van der Waals surface area contributed by atoms with Gasteiger partial charge in [-0.15, -0.1) is 0 Å². The zero-order chi connectivity index (χ0) is 17.5. The lowest BCUT2D eigenvalue weighted by molar-refractivity contribution is 0.102. The molecule has 0 aliphatic carbocycles. The van der Waals surface area contributed by atoms with E-state index in [9.17, 15) is 9.18 Å². The highest BCUT2D eigenvalue weighted by Crippen LogP contribution is 2.25. The third-order valence-electron chi connectivity index (χ3n) is 3.63. The Morgan fingerprint density at radius 2 is 1.96 bits per heavy atom. The molecule has 0 atom stereocenters. The molecule has 0 spiro atoms. The molecule has 2 N–H and O–H groups in total.